The molecule has 3 rings (SSSR count). The Morgan fingerprint density at radius 2 is 1.62 bits per heavy atom. The van der Waals surface area contributed by atoms with Crippen LogP contribution in [0.4, 0.5) is 0 Å². The zero-order valence-electron chi connectivity index (χ0n) is 18.2. The molecule has 1 atom stereocenters. The van der Waals surface area contributed by atoms with Crippen molar-refractivity contribution >= 4 is 28.3 Å². The standard InChI is InChI=1S/C26H36O2S/c1-3-4-5-6-7-8-9-10-11-14-17-28-23-18-21-15-12-13-16-22(21)24-25(27)20(2)19-29-26(23)24/h12-13,15-16,18,20H,3-11,14,17,19H2,1-2H3. The van der Waals surface area contributed by atoms with Gasteiger partial charge in [-0.1, -0.05) is 95.9 Å². The van der Waals surface area contributed by atoms with E-state index in [4.69, 9.17) is 4.74 Å². The van der Waals surface area contributed by atoms with Crippen molar-refractivity contribution in [3.8, 4) is 5.75 Å². The number of carbonyl (C=O) groups is 1. The lowest BCUT2D eigenvalue weighted by molar-refractivity contribution is 0.0937. The van der Waals surface area contributed by atoms with Gasteiger partial charge in [-0.2, -0.15) is 0 Å². The van der Waals surface area contributed by atoms with Crippen molar-refractivity contribution in [1.29, 1.82) is 0 Å². The van der Waals surface area contributed by atoms with Crippen LogP contribution in [0.3, 0.4) is 0 Å². The Kier molecular flexibility index (Phi) is 8.92. The van der Waals surface area contributed by atoms with Crippen LogP contribution >= 0.6 is 11.8 Å². The van der Waals surface area contributed by atoms with Crippen LogP contribution in [0, 0.1) is 5.92 Å². The summed E-state index contributed by atoms with van der Waals surface area (Å²) < 4.78 is 6.20. The molecule has 1 heterocycles. The van der Waals surface area contributed by atoms with E-state index in [0.717, 1.165) is 45.8 Å². The molecule has 1 aliphatic heterocycles. The summed E-state index contributed by atoms with van der Waals surface area (Å²) in [5, 5.41) is 2.17. The largest absolute Gasteiger partial charge is 0.492 e. The molecule has 1 aliphatic rings. The third-order valence-corrected chi connectivity index (χ3v) is 7.26. The lowest BCUT2D eigenvalue weighted by atomic mass is 9.94. The predicted octanol–water partition coefficient (Wildman–Crippen LogP) is 8.06. The molecule has 0 aromatic heterocycles. The van der Waals surface area contributed by atoms with Crippen LogP contribution in [0.1, 0.15) is 88.4 Å². The molecule has 3 heteroatoms. The van der Waals surface area contributed by atoms with Gasteiger partial charge in [-0.3, -0.25) is 4.79 Å². The molecule has 1 unspecified atom stereocenters. The summed E-state index contributed by atoms with van der Waals surface area (Å²) in [5.74, 6) is 2.09. The van der Waals surface area contributed by atoms with Gasteiger partial charge >= 0.3 is 0 Å². The highest BCUT2D eigenvalue weighted by Crippen LogP contribution is 2.43. The minimum absolute atomic E-state index is 0.0770. The summed E-state index contributed by atoms with van der Waals surface area (Å²) in [6.07, 6.45) is 13.3. The van der Waals surface area contributed by atoms with Crippen LogP contribution in [0.5, 0.6) is 5.75 Å². The molecule has 0 amide bonds. The molecule has 0 saturated heterocycles. The fourth-order valence-electron chi connectivity index (χ4n) is 4.10. The van der Waals surface area contributed by atoms with Gasteiger partial charge in [-0.05, 0) is 23.3 Å². The van der Waals surface area contributed by atoms with Gasteiger partial charge < -0.3 is 4.74 Å². The van der Waals surface area contributed by atoms with Crippen LogP contribution in [0.15, 0.2) is 35.2 Å². The normalized spacial score (nSPS) is 16.2. The molecule has 29 heavy (non-hydrogen) atoms. The molecular formula is C26H36O2S. The van der Waals surface area contributed by atoms with Gasteiger partial charge in [0.1, 0.15) is 5.75 Å². The summed E-state index contributed by atoms with van der Waals surface area (Å²) in [6, 6.07) is 10.3. The Morgan fingerprint density at radius 3 is 2.34 bits per heavy atom. The molecule has 2 nitrogen and oxygen atoms in total. The third-order valence-electron chi connectivity index (χ3n) is 5.89. The van der Waals surface area contributed by atoms with Gasteiger partial charge in [0.2, 0.25) is 0 Å². The molecule has 0 N–H and O–H groups in total. The smallest absolute Gasteiger partial charge is 0.168 e. The first-order valence-electron chi connectivity index (χ1n) is 11.6. The summed E-state index contributed by atoms with van der Waals surface area (Å²) in [4.78, 5) is 13.9. The lowest BCUT2D eigenvalue weighted by Crippen LogP contribution is -2.20. The predicted molar refractivity (Wildman–Crippen MR) is 126 cm³/mol. The first-order chi connectivity index (χ1) is 14.2. The van der Waals surface area contributed by atoms with Crippen LogP contribution in [-0.4, -0.2) is 18.1 Å². The Hall–Kier alpha value is -1.48. The van der Waals surface area contributed by atoms with Crippen molar-refractivity contribution in [2.45, 2.75) is 83.0 Å². The van der Waals surface area contributed by atoms with E-state index in [2.05, 4.69) is 25.1 Å². The van der Waals surface area contributed by atoms with Gasteiger partial charge in [0, 0.05) is 17.2 Å². The fourth-order valence-corrected chi connectivity index (χ4v) is 5.28. The van der Waals surface area contributed by atoms with Crippen LogP contribution in [-0.2, 0) is 0 Å². The van der Waals surface area contributed by atoms with Gasteiger partial charge in [0.05, 0.1) is 11.5 Å². The number of unbranched alkanes of at least 4 members (excludes halogenated alkanes) is 9. The Labute approximate surface area is 180 Å². The number of thioether (sulfide) groups is 1. The maximum atomic E-state index is 12.9. The fraction of sp³-hybridized carbons (Fsp3) is 0.577. The number of ketones is 1. The average molecular weight is 413 g/mol. The number of hydrogen-bond donors (Lipinski definition) is 0. The molecule has 0 fully saturated rings. The maximum absolute atomic E-state index is 12.9. The summed E-state index contributed by atoms with van der Waals surface area (Å²) in [5.41, 5.74) is 0.880. The molecule has 0 aliphatic carbocycles. The first-order valence-corrected chi connectivity index (χ1v) is 12.6. The Morgan fingerprint density at radius 1 is 0.966 bits per heavy atom. The van der Waals surface area contributed by atoms with E-state index in [1.54, 1.807) is 11.8 Å². The van der Waals surface area contributed by atoms with Crippen LogP contribution in [0.2, 0.25) is 0 Å². The lowest BCUT2D eigenvalue weighted by Gasteiger charge is -2.24. The van der Waals surface area contributed by atoms with Crippen molar-refractivity contribution in [1.82, 2.24) is 0 Å². The molecular weight excluding hydrogens is 376 g/mol. The quantitative estimate of drug-likeness (QED) is 0.330. The number of hydrogen-bond acceptors (Lipinski definition) is 3. The van der Waals surface area contributed by atoms with E-state index < -0.39 is 0 Å². The van der Waals surface area contributed by atoms with Crippen molar-refractivity contribution in [3.63, 3.8) is 0 Å². The summed E-state index contributed by atoms with van der Waals surface area (Å²) in [7, 11) is 0. The van der Waals surface area contributed by atoms with E-state index in [9.17, 15) is 4.79 Å². The zero-order valence-corrected chi connectivity index (χ0v) is 19.0. The number of ether oxygens (including phenoxy) is 1. The minimum Gasteiger partial charge on any atom is -0.492 e. The van der Waals surface area contributed by atoms with Crippen LogP contribution < -0.4 is 4.74 Å². The van der Waals surface area contributed by atoms with Gasteiger partial charge in [-0.25, -0.2) is 0 Å². The van der Waals surface area contributed by atoms with E-state index in [-0.39, 0.29) is 11.7 Å². The molecule has 0 bridgehead atoms. The number of benzene rings is 2. The van der Waals surface area contributed by atoms with Crippen molar-refractivity contribution in [3.05, 3.63) is 35.9 Å². The van der Waals surface area contributed by atoms with Gasteiger partial charge in [-0.15, -0.1) is 11.8 Å². The molecule has 0 radical (unpaired) electrons. The second kappa shape index (κ2) is 11.6. The van der Waals surface area contributed by atoms with Gasteiger partial charge in [0.25, 0.3) is 0 Å². The number of Topliss-reactive ketones (excluding diaryl/α,β-unsaturated/α-hetero) is 1. The first kappa shape index (κ1) is 22.2. The number of fused-ring (bicyclic) bond motifs is 3. The molecule has 158 valence electrons. The van der Waals surface area contributed by atoms with Crippen molar-refractivity contribution in [2.24, 2.45) is 5.92 Å². The summed E-state index contributed by atoms with van der Waals surface area (Å²) >= 11 is 1.78. The van der Waals surface area contributed by atoms with Gasteiger partial charge in [0.15, 0.2) is 5.78 Å². The SMILES string of the molecule is CCCCCCCCCCCCOc1cc2ccccc2c2c1SCC(C)C2=O. The molecule has 0 saturated carbocycles. The Bertz CT molecular complexity index is 799. The highest BCUT2D eigenvalue weighted by molar-refractivity contribution is 7.99. The molecule has 2 aromatic carbocycles. The topological polar surface area (TPSA) is 26.3 Å². The second-order valence-electron chi connectivity index (χ2n) is 8.41. The highest BCUT2D eigenvalue weighted by atomic mass is 32.2. The summed E-state index contributed by atoms with van der Waals surface area (Å²) in [6.45, 7) is 5.04. The molecule has 2 aromatic rings. The Balaban J connectivity index is 1.49. The highest BCUT2D eigenvalue weighted by Gasteiger charge is 2.29. The number of carbonyl (C=O) groups excluding carboxylic acids is 1. The van der Waals surface area contributed by atoms with E-state index in [1.165, 1.54) is 57.8 Å². The monoisotopic (exact) mass is 412 g/mol. The van der Waals surface area contributed by atoms with E-state index >= 15 is 0 Å². The van der Waals surface area contributed by atoms with Crippen molar-refractivity contribution < 1.29 is 9.53 Å². The third kappa shape index (κ3) is 6.01. The van der Waals surface area contributed by atoms with Crippen LogP contribution in [0.25, 0.3) is 10.8 Å². The minimum atomic E-state index is 0.0770. The maximum Gasteiger partial charge on any atom is 0.168 e. The zero-order chi connectivity index (χ0) is 20.5. The van der Waals surface area contributed by atoms with E-state index in [1.807, 2.05) is 19.1 Å². The average Bonchev–Trinajstić information content (AvgIpc) is 2.74. The second-order valence-corrected chi connectivity index (χ2v) is 9.44. The van der Waals surface area contributed by atoms with E-state index in [0.29, 0.717) is 0 Å². The number of rotatable bonds is 12. The van der Waals surface area contributed by atoms with Crippen molar-refractivity contribution in [2.75, 3.05) is 12.4 Å². The molecule has 0 spiro atoms.